The number of carbonyl (C=O) groups excluding carboxylic acids is 3. The first-order chi connectivity index (χ1) is 29.1. The van der Waals surface area contributed by atoms with Crippen LogP contribution in [0.15, 0.2) is 48.9 Å². The van der Waals surface area contributed by atoms with E-state index in [-0.39, 0.29) is 87.7 Å². The number of imidazole rings is 1. The first-order valence-corrected chi connectivity index (χ1v) is 20.5. The Morgan fingerprint density at radius 3 is 2.28 bits per heavy atom. The summed E-state index contributed by atoms with van der Waals surface area (Å²) in [5.41, 5.74) is 5.85. The fourth-order valence-electron chi connectivity index (χ4n) is 8.05. The number of pyridine rings is 1. The van der Waals surface area contributed by atoms with E-state index in [1.807, 2.05) is 16.7 Å². The zero-order valence-electron chi connectivity index (χ0n) is 33.4. The number of hydrogen-bond acceptors (Lipinski definition) is 11. The highest BCUT2D eigenvalue weighted by Gasteiger charge is 2.42. The minimum atomic E-state index is -4.76. The second-order valence-electron chi connectivity index (χ2n) is 15.9. The van der Waals surface area contributed by atoms with E-state index in [2.05, 4.69) is 36.0 Å². The number of piperazine rings is 1. The highest BCUT2D eigenvalue weighted by atomic mass is 35.5. The molecule has 1 aromatic carbocycles. The molecule has 3 aromatic heterocycles. The van der Waals surface area contributed by atoms with Gasteiger partial charge < -0.3 is 41.6 Å². The van der Waals surface area contributed by atoms with Crippen molar-refractivity contribution in [3.8, 4) is 5.82 Å². The fourth-order valence-corrected chi connectivity index (χ4v) is 8.31. The van der Waals surface area contributed by atoms with Gasteiger partial charge in [-0.3, -0.25) is 24.1 Å². The van der Waals surface area contributed by atoms with Crippen molar-refractivity contribution in [2.45, 2.75) is 38.4 Å². The summed E-state index contributed by atoms with van der Waals surface area (Å²) >= 11 is 6.56. The maximum atomic E-state index is 14.0. The minimum absolute atomic E-state index is 0.000218. The molecule has 1 unspecified atom stereocenters. The molecule has 3 amide bonds. The molecule has 0 spiro atoms. The maximum Gasteiger partial charge on any atom is 0.435 e. The van der Waals surface area contributed by atoms with Gasteiger partial charge in [-0.25, -0.2) is 14.6 Å². The lowest BCUT2D eigenvalue weighted by Gasteiger charge is -2.45. The quantitative estimate of drug-likeness (QED) is 0.108. The number of piperidine rings is 1. The number of aliphatic carboxylic acids is 1. The summed E-state index contributed by atoms with van der Waals surface area (Å²) in [6, 6.07) is 7.52. The largest absolute Gasteiger partial charge is 0.480 e. The van der Waals surface area contributed by atoms with Gasteiger partial charge in [0.05, 0.1) is 29.0 Å². The lowest BCUT2D eigenvalue weighted by atomic mass is 9.73. The zero-order chi connectivity index (χ0) is 43.4. The summed E-state index contributed by atoms with van der Waals surface area (Å²) in [7, 11) is 0. The van der Waals surface area contributed by atoms with Crippen molar-refractivity contribution >= 4 is 46.7 Å². The van der Waals surface area contributed by atoms with Crippen molar-refractivity contribution < 1.29 is 37.5 Å². The molecule has 4 aromatic rings. The Hall–Kier alpha value is -5.57. The van der Waals surface area contributed by atoms with E-state index in [1.165, 1.54) is 42.9 Å². The van der Waals surface area contributed by atoms with Gasteiger partial charge in [0.1, 0.15) is 0 Å². The number of benzene rings is 1. The van der Waals surface area contributed by atoms with Crippen LogP contribution in [0.5, 0.6) is 0 Å². The number of likely N-dealkylation sites (tertiary alicyclic amines) is 1. The first-order valence-electron chi connectivity index (χ1n) is 20.1. The Morgan fingerprint density at radius 1 is 0.967 bits per heavy atom. The standard InChI is InChI=1S/C40H48ClF3N12O5/c1-23(45)16-47-28-3-5-32(48-19-28)56-21-25(35(52-56)40(42,43)44)14-29-20-49-36(50-29)37(59)51-27-2-4-30(31(41)15-27)38(60)54-10-12-55(13-11-54)39(61)34(26-17-46-18-26)24-6-8-53(9-7-24)22-33(57)58/h2-5,15,19-21,23-24,26,34,46-47H,6-14,16-18,22,45H2,1H3,(H,49,50)(H,51,59)(H,57,58)/t23-,34?/m0/s1. The molecule has 7 N–H and O–H groups in total. The molecule has 326 valence electrons. The summed E-state index contributed by atoms with van der Waals surface area (Å²) in [6.45, 7) is 6.51. The Balaban J connectivity index is 0.932. The number of nitrogens with one attached hydrogen (secondary N) is 4. The van der Waals surface area contributed by atoms with Crippen molar-refractivity contribution in [2.24, 2.45) is 23.5 Å². The Bertz CT molecular complexity index is 2210. The van der Waals surface area contributed by atoms with Gasteiger partial charge in [0.2, 0.25) is 5.91 Å². The number of anilines is 2. The normalized spacial score (nSPS) is 17.7. The molecule has 0 bridgehead atoms. The van der Waals surface area contributed by atoms with Crippen molar-refractivity contribution in [2.75, 3.05) is 76.1 Å². The molecule has 3 aliphatic rings. The summed E-state index contributed by atoms with van der Waals surface area (Å²) in [4.78, 5) is 68.3. The SMILES string of the molecule is C[C@H](N)CNc1ccc(-n2cc(Cc3cnc(C(=O)Nc4ccc(C(=O)N5CCN(C(=O)C(C6CCN(CC(=O)O)CC6)C6CNC6)CC5)c(Cl)c4)[nH]3)c(C(F)(F)F)n2)nc1. The average Bonchev–Trinajstić information content (AvgIpc) is 3.87. The summed E-state index contributed by atoms with van der Waals surface area (Å²) < 4.78 is 43.2. The van der Waals surface area contributed by atoms with E-state index >= 15 is 0 Å². The van der Waals surface area contributed by atoms with E-state index in [1.54, 1.807) is 11.0 Å². The smallest absolute Gasteiger partial charge is 0.435 e. The van der Waals surface area contributed by atoms with Crippen LogP contribution in [0.1, 0.15) is 57.7 Å². The number of nitrogens with two attached hydrogens (primary N) is 1. The van der Waals surface area contributed by atoms with Crippen LogP contribution in [0.3, 0.4) is 0 Å². The van der Waals surface area contributed by atoms with E-state index in [4.69, 9.17) is 17.3 Å². The third-order valence-electron chi connectivity index (χ3n) is 11.3. The third kappa shape index (κ3) is 10.5. The molecule has 0 aliphatic carbocycles. The molecule has 3 aliphatic heterocycles. The van der Waals surface area contributed by atoms with Gasteiger partial charge in [0, 0.05) is 80.4 Å². The number of carboxylic acids is 1. The number of aromatic nitrogens is 5. The predicted octanol–water partition coefficient (Wildman–Crippen LogP) is 3.18. The molecule has 21 heteroatoms. The predicted molar refractivity (Wildman–Crippen MR) is 218 cm³/mol. The maximum absolute atomic E-state index is 14.0. The van der Waals surface area contributed by atoms with Gasteiger partial charge >= 0.3 is 12.1 Å². The molecule has 17 nitrogen and oxygen atoms in total. The Kier molecular flexibility index (Phi) is 13.3. The lowest BCUT2D eigenvalue weighted by molar-refractivity contribution is -0.144. The van der Waals surface area contributed by atoms with Crippen molar-refractivity contribution in [3.63, 3.8) is 0 Å². The average molecular weight is 869 g/mol. The van der Waals surface area contributed by atoms with E-state index in [0.717, 1.165) is 30.6 Å². The highest BCUT2D eigenvalue weighted by molar-refractivity contribution is 6.34. The van der Waals surface area contributed by atoms with Crippen LogP contribution < -0.4 is 21.7 Å². The van der Waals surface area contributed by atoms with E-state index < -0.39 is 23.7 Å². The molecular weight excluding hydrogens is 821 g/mol. The van der Waals surface area contributed by atoms with Crippen LogP contribution in [-0.4, -0.2) is 140 Å². The van der Waals surface area contributed by atoms with Gasteiger partial charge in [-0.1, -0.05) is 11.6 Å². The molecule has 2 atom stereocenters. The van der Waals surface area contributed by atoms with Crippen LogP contribution in [0.4, 0.5) is 24.5 Å². The van der Waals surface area contributed by atoms with Crippen LogP contribution in [0.2, 0.25) is 5.02 Å². The number of rotatable bonds is 14. The second kappa shape index (κ2) is 18.6. The number of carboxylic acid groups (broad SMARTS) is 1. The monoisotopic (exact) mass is 868 g/mol. The van der Waals surface area contributed by atoms with Crippen molar-refractivity contribution in [1.29, 1.82) is 0 Å². The van der Waals surface area contributed by atoms with Crippen molar-refractivity contribution in [1.82, 2.24) is 44.7 Å². The van der Waals surface area contributed by atoms with Gasteiger partial charge in [-0.2, -0.15) is 18.3 Å². The lowest BCUT2D eigenvalue weighted by Crippen LogP contribution is -2.58. The number of alkyl halides is 3. The molecule has 3 fully saturated rings. The summed E-state index contributed by atoms with van der Waals surface area (Å²) in [5, 5.41) is 22.0. The van der Waals surface area contributed by atoms with Gasteiger partial charge in [-0.05, 0) is 88.1 Å². The number of nitrogens with zero attached hydrogens (tertiary/aromatic N) is 7. The molecule has 0 saturated carbocycles. The second-order valence-corrected chi connectivity index (χ2v) is 16.3. The number of carbonyl (C=O) groups is 4. The Labute approximate surface area is 354 Å². The van der Waals surface area contributed by atoms with E-state index in [0.29, 0.717) is 51.5 Å². The summed E-state index contributed by atoms with van der Waals surface area (Å²) in [6.07, 6.45) is 0.475. The topological polar surface area (TPSA) is 220 Å². The third-order valence-corrected chi connectivity index (χ3v) is 11.6. The number of aromatic amines is 1. The first kappa shape index (κ1) is 43.5. The number of amides is 3. The number of hydrogen-bond donors (Lipinski definition) is 6. The minimum Gasteiger partial charge on any atom is -0.480 e. The van der Waals surface area contributed by atoms with Crippen LogP contribution in [-0.2, 0) is 22.2 Å². The number of H-pyrrole nitrogens is 1. The molecular formula is C40H48ClF3N12O5. The number of halogens is 4. The molecule has 0 radical (unpaired) electrons. The highest BCUT2D eigenvalue weighted by Crippen LogP contribution is 2.35. The molecule has 6 heterocycles. The molecule has 7 rings (SSSR count). The molecule has 61 heavy (non-hydrogen) atoms. The zero-order valence-corrected chi connectivity index (χ0v) is 34.2. The van der Waals surface area contributed by atoms with Gasteiger partial charge in [0.25, 0.3) is 11.8 Å². The van der Waals surface area contributed by atoms with E-state index in [9.17, 15) is 37.5 Å². The van der Waals surface area contributed by atoms with Crippen LogP contribution in [0, 0.1) is 17.8 Å². The summed E-state index contributed by atoms with van der Waals surface area (Å²) in [5.74, 6) is -1.53. The Morgan fingerprint density at radius 2 is 1.67 bits per heavy atom. The fraction of sp³-hybridized carbons (Fsp3) is 0.475. The molecule has 3 saturated heterocycles. The van der Waals surface area contributed by atoms with Gasteiger partial charge in [-0.15, -0.1) is 0 Å². The van der Waals surface area contributed by atoms with Crippen molar-refractivity contribution in [3.05, 3.63) is 82.3 Å². The van der Waals surface area contributed by atoms with Gasteiger partial charge in [0.15, 0.2) is 17.3 Å². The van der Waals surface area contributed by atoms with Crippen LogP contribution in [0.25, 0.3) is 5.82 Å². The van der Waals surface area contributed by atoms with Crippen LogP contribution >= 0.6 is 11.6 Å².